The Morgan fingerprint density at radius 3 is 2.38 bits per heavy atom. The van der Waals surface area contributed by atoms with E-state index in [1.54, 1.807) is 23.8 Å². The number of likely N-dealkylation sites (tertiary alicyclic amines) is 1. The van der Waals surface area contributed by atoms with Gasteiger partial charge in [-0.25, -0.2) is 4.79 Å². The van der Waals surface area contributed by atoms with Crippen LogP contribution in [0, 0.1) is 17.3 Å². The van der Waals surface area contributed by atoms with Crippen molar-refractivity contribution in [3.63, 3.8) is 0 Å². The van der Waals surface area contributed by atoms with E-state index < -0.39 is 6.04 Å². The van der Waals surface area contributed by atoms with Gasteiger partial charge in [0, 0.05) is 19.2 Å². The highest BCUT2D eigenvalue weighted by Gasteiger charge is 2.35. The maximum absolute atomic E-state index is 13.0. The summed E-state index contributed by atoms with van der Waals surface area (Å²) in [6.45, 7) is 16.3. The van der Waals surface area contributed by atoms with Crippen LogP contribution in [0.2, 0.25) is 0 Å². The molecule has 0 aliphatic carbocycles. The van der Waals surface area contributed by atoms with Gasteiger partial charge in [-0.3, -0.25) is 9.59 Å². The summed E-state index contributed by atoms with van der Waals surface area (Å²) in [7, 11) is 3.14. The van der Waals surface area contributed by atoms with E-state index in [4.69, 9.17) is 4.74 Å². The van der Waals surface area contributed by atoms with Crippen LogP contribution >= 0.6 is 0 Å². The first-order valence-corrected chi connectivity index (χ1v) is 11.9. The van der Waals surface area contributed by atoms with E-state index in [1.807, 2.05) is 19.9 Å². The molecule has 0 unspecified atom stereocenters. The first kappa shape index (κ1) is 28.1. The molecular formula is C25H45N3O4. The third kappa shape index (κ3) is 7.61. The molecule has 1 heterocycles. The average molecular weight is 452 g/mol. The molecule has 0 aromatic rings. The van der Waals surface area contributed by atoms with Crippen LogP contribution in [0.3, 0.4) is 0 Å². The number of rotatable bonds is 10. The van der Waals surface area contributed by atoms with Gasteiger partial charge in [0.2, 0.25) is 11.8 Å². The van der Waals surface area contributed by atoms with Crippen LogP contribution in [0.5, 0.6) is 0 Å². The summed E-state index contributed by atoms with van der Waals surface area (Å²) in [5, 5.41) is 3.32. The zero-order valence-corrected chi connectivity index (χ0v) is 21.7. The van der Waals surface area contributed by atoms with Crippen molar-refractivity contribution in [2.75, 3.05) is 33.8 Å². The number of esters is 1. The Balaban J connectivity index is 2.84. The van der Waals surface area contributed by atoms with Crippen molar-refractivity contribution in [3.05, 3.63) is 11.6 Å². The quantitative estimate of drug-likeness (QED) is 0.407. The highest BCUT2D eigenvalue weighted by molar-refractivity contribution is 5.96. The molecule has 1 aliphatic heterocycles. The summed E-state index contributed by atoms with van der Waals surface area (Å²) in [5.74, 6) is 0.0864. The van der Waals surface area contributed by atoms with Crippen molar-refractivity contribution in [3.8, 4) is 0 Å². The van der Waals surface area contributed by atoms with Crippen LogP contribution in [0.25, 0.3) is 0 Å². The Hall–Kier alpha value is -1.89. The molecule has 0 saturated carbocycles. The Morgan fingerprint density at radius 1 is 1.25 bits per heavy atom. The zero-order valence-electron chi connectivity index (χ0n) is 21.7. The van der Waals surface area contributed by atoms with Crippen LogP contribution in [-0.2, 0) is 19.1 Å². The Labute approximate surface area is 194 Å². The number of amides is 2. The lowest BCUT2D eigenvalue weighted by molar-refractivity contribution is -0.149. The lowest BCUT2D eigenvalue weighted by Crippen LogP contribution is -2.45. The largest absolute Gasteiger partial charge is 0.467 e. The van der Waals surface area contributed by atoms with E-state index in [9.17, 15) is 14.4 Å². The van der Waals surface area contributed by atoms with Gasteiger partial charge in [0.15, 0.2) is 0 Å². The van der Waals surface area contributed by atoms with E-state index in [0.29, 0.717) is 24.5 Å². The minimum absolute atomic E-state index is 0.00225. The van der Waals surface area contributed by atoms with E-state index in [1.165, 1.54) is 7.11 Å². The molecule has 0 radical (unpaired) electrons. The molecule has 0 aromatic heterocycles. The number of carbonyl (C=O) groups excluding carboxylic acids is 3. The number of methoxy groups -OCH3 is 1. The maximum Gasteiger partial charge on any atom is 0.328 e. The van der Waals surface area contributed by atoms with Crippen molar-refractivity contribution in [1.82, 2.24) is 15.1 Å². The summed E-state index contributed by atoms with van der Waals surface area (Å²) in [5.41, 5.74) is 0.737. The second kappa shape index (κ2) is 12.4. The Morgan fingerprint density at radius 2 is 1.88 bits per heavy atom. The zero-order chi connectivity index (χ0) is 24.6. The van der Waals surface area contributed by atoms with E-state index in [0.717, 1.165) is 19.4 Å². The van der Waals surface area contributed by atoms with Crippen LogP contribution in [0.4, 0.5) is 0 Å². The van der Waals surface area contributed by atoms with Gasteiger partial charge in [-0.15, -0.1) is 0 Å². The van der Waals surface area contributed by atoms with Gasteiger partial charge in [0.1, 0.15) is 6.04 Å². The number of hydrogen-bond acceptors (Lipinski definition) is 5. The third-order valence-electron chi connectivity index (χ3n) is 6.65. The smallest absolute Gasteiger partial charge is 0.328 e. The van der Waals surface area contributed by atoms with E-state index in [2.05, 4.69) is 33.0 Å². The summed E-state index contributed by atoms with van der Waals surface area (Å²) < 4.78 is 4.85. The maximum atomic E-state index is 13.0. The standard InChI is InChI=1S/C25H45N3O4/c1-10-19(25(5,6)7)15-26-16-22(29)27(8)21(17(2)3)14-18(4)23(30)28-13-11-12-20(28)24(31)32-9/h14,17,19-21,26H,10-13,15-16H2,1-9H3/b18-14+/t19-,20+,21-/m1/s1. The molecular weight excluding hydrogens is 406 g/mol. The average Bonchev–Trinajstić information content (AvgIpc) is 3.21. The third-order valence-corrected chi connectivity index (χ3v) is 6.65. The fourth-order valence-corrected chi connectivity index (χ4v) is 4.40. The molecule has 1 fully saturated rings. The molecule has 184 valence electrons. The Kier molecular flexibility index (Phi) is 10.9. The number of nitrogens with zero attached hydrogens (tertiary/aromatic N) is 2. The fraction of sp³-hybridized carbons (Fsp3) is 0.800. The normalized spacial score (nSPS) is 19.1. The molecule has 0 bridgehead atoms. The topological polar surface area (TPSA) is 79.0 Å². The van der Waals surface area contributed by atoms with Crippen LogP contribution in [0.1, 0.15) is 67.7 Å². The summed E-state index contributed by atoms with van der Waals surface area (Å²) >= 11 is 0. The molecule has 3 atom stereocenters. The molecule has 7 nitrogen and oxygen atoms in total. The predicted octanol–water partition coefficient (Wildman–Crippen LogP) is 3.24. The molecule has 0 aromatic carbocycles. The first-order chi connectivity index (χ1) is 14.8. The lowest BCUT2D eigenvalue weighted by Gasteiger charge is -2.32. The van der Waals surface area contributed by atoms with E-state index >= 15 is 0 Å². The summed E-state index contributed by atoms with van der Waals surface area (Å²) in [6, 6.07) is -0.733. The van der Waals surface area contributed by atoms with E-state index in [-0.39, 0.29) is 41.7 Å². The van der Waals surface area contributed by atoms with Gasteiger partial charge in [0.25, 0.3) is 0 Å². The molecule has 7 heteroatoms. The van der Waals surface area contributed by atoms with Crippen molar-refractivity contribution in [2.45, 2.75) is 79.8 Å². The number of hydrogen-bond donors (Lipinski definition) is 1. The van der Waals surface area contributed by atoms with Crippen molar-refractivity contribution in [2.24, 2.45) is 17.3 Å². The first-order valence-electron chi connectivity index (χ1n) is 11.9. The second-order valence-corrected chi connectivity index (χ2v) is 10.4. The van der Waals surface area contributed by atoms with Crippen LogP contribution in [-0.4, -0.2) is 73.5 Å². The monoisotopic (exact) mass is 451 g/mol. The number of nitrogens with one attached hydrogen (secondary N) is 1. The number of carbonyl (C=O) groups is 3. The van der Waals surface area contributed by atoms with Crippen LogP contribution in [0.15, 0.2) is 11.6 Å². The molecule has 1 aliphatic rings. The van der Waals surface area contributed by atoms with Gasteiger partial charge >= 0.3 is 5.97 Å². The van der Waals surface area contributed by atoms with Crippen molar-refractivity contribution < 1.29 is 19.1 Å². The molecule has 0 spiro atoms. The SMILES string of the molecule is CC[C@H](CNCC(=O)N(C)[C@H](/C=C(\C)C(=O)N1CCC[C@H]1C(=O)OC)C(C)C)C(C)(C)C. The van der Waals surface area contributed by atoms with Crippen LogP contribution < -0.4 is 5.32 Å². The van der Waals surface area contributed by atoms with Crippen molar-refractivity contribution >= 4 is 17.8 Å². The van der Waals surface area contributed by atoms with Gasteiger partial charge < -0.3 is 19.9 Å². The number of ether oxygens (including phenoxy) is 1. The highest BCUT2D eigenvalue weighted by Crippen LogP contribution is 2.27. The second-order valence-electron chi connectivity index (χ2n) is 10.4. The minimum Gasteiger partial charge on any atom is -0.467 e. The Bertz CT molecular complexity index is 681. The predicted molar refractivity (Wildman–Crippen MR) is 128 cm³/mol. The number of likely N-dealkylation sites (N-methyl/N-ethyl adjacent to an activating group) is 1. The molecule has 1 saturated heterocycles. The van der Waals surface area contributed by atoms with Gasteiger partial charge in [-0.2, -0.15) is 0 Å². The van der Waals surface area contributed by atoms with Gasteiger partial charge in [-0.1, -0.05) is 54.0 Å². The molecule has 32 heavy (non-hydrogen) atoms. The molecule has 1 rings (SSSR count). The highest BCUT2D eigenvalue weighted by atomic mass is 16.5. The summed E-state index contributed by atoms with van der Waals surface area (Å²) in [6.07, 6.45) is 4.32. The lowest BCUT2D eigenvalue weighted by atomic mass is 9.79. The fourth-order valence-electron chi connectivity index (χ4n) is 4.40. The minimum atomic E-state index is -0.522. The summed E-state index contributed by atoms with van der Waals surface area (Å²) in [4.78, 5) is 41.2. The van der Waals surface area contributed by atoms with Gasteiger partial charge in [0.05, 0.1) is 19.7 Å². The van der Waals surface area contributed by atoms with Gasteiger partial charge in [-0.05, 0) is 43.6 Å². The molecule has 1 N–H and O–H groups in total. The van der Waals surface area contributed by atoms with Crippen molar-refractivity contribution in [1.29, 1.82) is 0 Å². The molecule has 2 amide bonds.